The second kappa shape index (κ2) is 5.64. The van der Waals surface area contributed by atoms with E-state index in [2.05, 4.69) is 48.0 Å². The van der Waals surface area contributed by atoms with E-state index in [-0.39, 0.29) is 11.8 Å². The molecule has 2 aromatic rings. The number of hydrogen-bond acceptors (Lipinski definition) is 1. The lowest BCUT2D eigenvalue weighted by atomic mass is 9.94. The van der Waals surface area contributed by atoms with Crippen LogP contribution in [0.25, 0.3) is 0 Å². The van der Waals surface area contributed by atoms with Gasteiger partial charge in [0.2, 0.25) is 5.91 Å². The average Bonchev–Trinajstić information content (AvgIpc) is 2.80. The molecule has 0 radical (unpaired) electrons. The molecule has 0 bridgehead atoms. The lowest BCUT2D eigenvalue weighted by Gasteiger charge is -2.17. The standard InChI is InChI=1S/C18H18BrNO/c1-12-9-13(2)11-14(10-12)17-7-8-20(18(17)21)16-5-3-15(19)4-6-16/h3-6,9-11,17H,7-8H2,1-2H3. The van der Waals surface area contributed by atoms with Gasteiger partial charge in [0.1, 0.15) is 0 Å². The van der Waals surface area contributed by atoms with Crippen molar-refractivity contribution >= 4 is 27.5 Å². The maximum Gasteiger partial charge on any atom is 0.234 e. The zero-order valence-corrected chi connectivity index (χ0v) is 13.9. The van der Waals surface area contributed by atoms with Gasteiger partial charge in [0.15, 0.2) is 0 Å². The molecule has 1 atom stereocenters. The molecule has 1 amide bonds. The fourth-order valence-electron chi connectivity index (χ4n) is 3.08. The second-order valence-corrected chi connectivity index (χ2v) is 6.64. The van der Waals surface area contributed by atoms with E-state index in [1.807, 2.05) is 29.2 Å². The molecule has 21 heavy (non-hydrogen) atoms. The summed E-state index contributed by atoms with van der Waals surface area (Å²) in [5, 5.41) is 0. The predicted octanol–water partition coefficient (Wildman–Crippen LogP) is 4.59. The number of halogens is 1. The zero-order valence-electron chi connectivity index (χ0n) is 12.3. The minimum absolute atomic E-state index is 0.00718. The van der Waals surface area contributed by atoms with Crippen molar-refractivity contribution in [3.63, 3.8) is 0 Å². The van der Waals surface area contributed by atoms with Gasteiger partial charge in [0, 0.05) is 16.7 Å². The molecule has 0 spiro atoms. The molecule has 0 aromatic heterocycles. The largest absolute Gasteiger partial charge is 0.312 e. The summed E-state index contributed by atoms with van der Waals surface area (Å²) in [6.45, 7) is 4.96. The van der Waals surface area contributed by atoms with Gasteiger partial charge in [-0.25, -0.2) is 0 Å². The molecule has 0 aliphatic carbocycles. The summed E-state index contributed by atoms with van der Waals surface area (Å²) in [7, 11) is 0. The molecule has 1 heterocycles. The Morgan fingerprint density at radius 1 is 1.05 bits per heavy atom. The summed E-state index contributed by atoms with van der Waals surface area (Å²) in [6, 6.07) is 14.4. The number of anilines is 1. The molecular weight excluding hydrogens is 326 g/mol. The van der Waals surface area contributed by atoms with Crippen molar-refractivity contribution in [2.45, 2.75) is 26.2 Å². The van der Waals surface area contributed by atoms with Crippen LogP contribution in [0.2, 0.25) is 0 Å². The lowest BCUT2D eigenvalue weighted by molar-refractivity contribution is -0.118. The van der Waals surface area contributed by atoms with Crippen molar-refractivity contribution in [3.8, 4) is 0 Å². The molecule has 1 aliphatic heterocycles. The molecule has 1 aliphatic rings. The second-order valence-electron chi connectivity index (χ2n) is 5.73. The quantitative estimate of drug-likeness (QED) is 0.781. The van der Waals surface area contributed by atoms with Crippen molar-refractivity contribution < 1.29 is 4.79 Å². The third-order valence-electron chi connectivity index (χ3n) is 3.99. The van der Waals surface area contributed by atoms with Gasteiger partial charge in [-0.1, -0.05) is 45.3 Å². The highest BCUT2D eigenvalue weighted by molar-refractivity contribution is 9.10. The van der Waals surface area contributed by atoms with Crippen LogP contribution in [-0.4, -0.2) is 12.5 Å². The number of hydrogen-bond donors (Lipinski definition) is 0. The molecule has 0 N–H and O–H groups in total. The number of aryl methyl sites for hydroxylation is 2. The van der Waals surface area contributed by atoms with Crippen LogP contribution in [0.3, 0.4) is 0 Å². The van der Waals surface area contributed by atoms with Gasteiger partial charge in [-0.3, -0.25) is 4.79 Å². The van der Waals surface area contributed by atoms with Crippen LogP contribution in [0.1, 0.15) is 29.0 Å². The van der Waals surface area contributed by atoms with E-state index < -0.39 is 0 Å². The molecule has 2 nitrogen and oxygen atoms in total. The zero-order chi connectivity index (χ0) is 15.0. The fraction of sp³-hybridized carbons (Fsp3) is 0.278. The Bertz CT molecular complexity index is 658. The van der Waals surface area contributed by atoms with E-state index in [0.29, 0.717) is 0 Å². The normalized spacial score (nSPS) is 18.3. The summed E-state index contributed by atoms with van der Waals surface area (Å²) >= 11 is 3.43. The number of rotatable bonds is 2. The third-order valence-corrected chi connectivity index (χ3v) is 4.52. The maximum absolute atomic E-state index is 12.7. The van der Waals surface area contributed by atoms with Crippen LogP contribution in [-0.2, 0) is 4.79 Å². The van der Waals surface area contributed by atoms with Crippen LogP contribution in [0.15, 0.2) is 46.9 Å². The van der Waals surface area contributed by atoms with Gasteiger partial charge in [0.05, 0.1) is 5.92 Å². The highest BCUT2D eigenvalue weighted by Crippen LogP contribution is 2.33. The molecule has 3 rings (SSSR count). The topological polar surface area (TPSA) is 20.3 Å². The molecule has 1 unspecified atom stereocenters. The van der Waals surface area contributed by atoms with E-state index in [0.717, 1.165) is 28.7 Å². The number of nitrogens with zero attached hydrogens (tertiary/aromatic N) is 1. The van der Waals surface area contributed by atoms with Crippen LogP contribution in [0.5, 0.6) is 0 Å². The minimum Gasteiger partial charge on any atom is -0.312 e. The van der Waals surface area contributed by atoms with Gasteiger partial charge in [-0.2, -0.15) is 0 Å². The lowest BCUT2D eigenvalue weighted by Crippen LogP contribution is -2.26. The van der Waals surface area contributed by atoms with E-state index in [1.54, 1.807) is 0 Å². The summed E-state index contributed by atoms with van der Waals surface area (Å²) in [6.07, 6.45) is 0.887. The Hall–Kier alpha value is -1.61. The molecule has 1 saturated heterocycles. The van der Waals surface area contributed by atoms with Gasteiger partial charge in [0.25, 0.3) is 0 Å². The monoisotopic (exact) mass is 343 g/mol. The van der Waals surface area contributed by atoms with Crippen molar-refractivity contribution in [3.05, 3.63) is 63.6 Å². The maximum atomic E-state index is 12.7. The summed E-state index contributed by atoms with van der Waals surface area (Å²) in [4.78, 5) is 14.6. The number of carbonyl (C=O) groups is 1. The van der Waals surface area contributed by atoms with Crippen LogP contribution >= 0.6 is 15.9 Å². The Labute approximate surface area is 133 Å². The number of carbonyl (C=O) groups excluding carboxylic acids is 1. The minimum atomic E-state index is -0.00718. The average molecular weight is 344 g/mol. The fourth-order valence-corrected chi connectivity index (χ4v) is 3.34. The highest BCUT2D eigenvalue weighted by atomic mass is 79.9. The first-order valence-electron chi connectivity index (χ1n) is 7.20. The molecular formula is C18H18BrNO. The first-order chi connectivity index (χ1) is 10.0. The van der Waals surface area contributed by atoms with Crippen LogP contribution in [0.4, 0.5) is 5.69 Å². The van der Waals surface area contributed by atoms with Gasteiger partial charge in [-0.05, 0) is 50.1 Å². The molecule has 1 fully saturated rings. The van der Waals surface area contributed by atoms with Crippen molar-refractivity contribution in [2.24, 2.45) is 0 Å². The van der Waals surface area contributed by atoms with Gasteiger partial charge < -0.3 is 4.90 Å². The number of benzene rings is 2. The van der Waals surface area contributed by atoms with E-state index in [4.69, 9.17) is 0 Å². The Morgan fingerprint density at radius 3 is 2.29 bits per heavy atom. The first kappa shape index (κ1) is 14.3. The van der Waals surface area contributed by atoms with Crippen molar-refractivity contribution in [2.75, 3.05) is 11.4 Å². The number of amides is 1. The first-order valence-corrected chi connectivity index (χ1v) is 7.99. The van der Waals surface area contributed by atoms with E-state index in [9.17, 15) is 4.79 Å². The molecule has 108 valence electrons. The molecule has 3 heteroatoms. The van der Waals surface area contributed by atoms with Crippen LogP contribution in [0, 0.1) is 13.8 Å². The summed E-state index contributed by atoms with van der Waals surface area (Å²) in [5.74, 6) is 0.203. The highest BCUT2D eigenvalue weighted by Gasteiger charge is 2.33. The Morgan fingerprint density at radius 2 is 1.67 bits per heavy atom. The molecule has 2 aromatic carbocycles. The van der Waals surface area contributed by atoms with Gasteiger partial charge >= 0.3 is 0 Å². The van der Waals surface area contributed by atoms with Crippen molar-refractivity contribution in [1.29, 1.82) is 0 Å². The predicted molar refractivity (Wildman–Crippen MR) is 89.8 cm³/mol. The van der Waals surface area contributed by atoms with E-state index in [1.165, 1.54) is 11.1 Å². The molecule has 0 saturated carbocycles. The van der Waals surface area contributed by atoms with Gasteiger partial charge in [-0.15, -0.1) is 0 Å². The smallest absolute Gasteiger partial charge is 0.234 e. The van der Waals surface area contributed by atoms with E-state index >= 15 is 0 Å². The third kappa shape index (κ3) is 2.88. The van der Waals surface area contributed by atoms with Crippen molar-refractivity contribution in [1.82, 2.24) is 0 Å². The summed E-state index contributed by atoms with van der Waals surface area (Å²) in [5.41, 5.74) is 4.58. The summed E-state index contributed by atoms with van der Waals surface area (Å²) < 4.78 is 1.03. The Balaban J connectivity index is 1.87. The van der Waals surface area contributed by atoms with Crippen LogP contribution < -0.4 is 4.90 Å². The Kier molecular flexibility index (Phi) is 3.85. The SMILES string of the molecule is Cc1cc(C)cc(C2CCN(c3ccc(Br)cc3)C2=O)c1.